The lowest BCUT2D eigenvalue weighted by Gasteiger charge is -2.28. The summed E-state index contributed by atoms with van der Waals surface area (Å²) in [6.45, 7) is 0. The molecule has 2 heteroatoms. The summed E-state index contributed by atoms with van der Waals surface area (Å²) in [4.78, 5) is 2.44. The Morgan fingerprint density at radius 1 is 0.346 bits per heavy atom. The van der Waals surface area contributed by atoms with Gasteiger partial charge in [-0.05, 0) is 93.0 Å². The first-order chi connectivity index (χ1) is 25.8. The molecule has 52 heavy (non-hydrogen) atoms. The van der Waals surface area contributed by atoms with Crippen molar-refractivity contribution in [2.45, 2.75) is 0 Å². The largest absolute Gasteiger partial charge is 0.310 e. The van der Waals surface area contributed by atoms with Gasteiger partial charge in [0.2, 0.25) is 0 Å². The molecule has 0 bridgehead atoms. The molecule has 0 radical (unpaired) electrons. The van der Waals surface area contributed by atoms with E-state index in [0.29, 0.717) is 0 Å². The van der Waals surface area contributed by atoms with Crippen molar-refractivity contribution >= 4 is 60.4 Å². The van der Waals surface area contributed by atoms with Gasteiger partial charge in [0.25, 0.3) is 0 Å². The second-order valence-corrected chi connectivity index (χ2v) is 13.4. The quantitative estimate of drug-likeness (QED) is 0.161. The van der Waals surface area contributed by atoms with Crippen molar-refractivity contribution < 1.29 is 0 Å². The van der Waals surface area contributed by atoms with E-state index in [1.165, 1.54) is 65.6 Å². The molecule has 0 aliphatic carbocycles. The van der Waals surface area contributed by atoms with Crippen LogP contribution in [-0.2, 0) is 0 Å². The molecule has 0 saturated carbocycles. The van der Waals surface area contributed by atoms with E-state index < -0.39 is 0 Å². The lowest BCUT2D eigenvalue weighted by atomic mass is 9.97. The molecule has 10 rings (SSSR count). The molecule has 244 valence electrons. The maximum atomic E-state index is 2.44. The zero-order chi connectivity index (χ0) is 34.4. The number of rotatable bonds is 6. The summed E-state index contributed by atoms with van der Waals surface area (Å²) in [6, 6.07) is 74.7. The number of para-hydroxylation sites is 2. The fourth-order valence-electron chi connectivity index (χ4n) is 8.03. The fraction of sp³-hybridized carbons (Fsp3) is 0. The summed E-state index contributed by atoms with van der Waals surface area (Å²) in [5.74, 6) is 0. The van der Waals surface area contributed by atoms with Gasteiger partial charge < -0.3 is 9.47 Å². The van der Waals surface area contributed by atoms with E-state index in [0.717, 1.165) is 22.7 Å². The highest BCUT2D eigenvalue weighted by atomic mass is 15.1. The van der Waals surface area contributed by atoms with E-state index in [4.69, 9.17) is 0 Å². The van der Waals surface area contributed by atoms with Crippen LogP contribution in [0.1, 0.15) is 0 Å². The van der Waals surface area contributed by atoms with Gasteiger partial charge in [0.1, 0.15) is 0 Å². The highest BCUT2D eigenvalue weighted by molar-refractivity contribution is 6.17. The summed E-state index contributed by atoms with van der Waals surface area (Å²) in [6.07, 6.45) is 0. The van der Waals surface area contributed by atoms with Crippen LogP contribution in [0.3, 0.4) is 0 Å². The van der Waals surface area contributed by atoms with E-state index in [-0.39, 0.29) is 0 Å². The lowest BCUT2D eigenvalue weighted by Crippen LogP contribution is -2.11. The average Bonchev–Trinajstić information content (AvgIpc) is 3.57. The Morgan fingerprint density at radius 2 is 0.904 bits per heavy atom. The minimum Gasteiger partial charge on any atom is -0.310 e. The third-order valence-corrected chi connectivity index (χ3v) is 10.3. The third kappa shape index (κ3) is 4.96. The topological polar surface area (TPSA) is 8.17 Å². The zero-order valence-electron chi connectivity index (χ0n) is 28.5. The predicted octanol–water partition coefficient (Wildman–Crippen LogP) is 13.9. The number of benzene rings is 9. The molecule has 0 aliphatic rings. The van der Waals surface area contributed by atoms with Gasteiger partial charge >= 0.3 is 0 Å². The minimum atomic E-state index is 1.10. The van der Waals surface area contributed by atoms with Crippen molar-refractivity contribution in [1.82, 2.24) is 4.57 Å². The Hall–Kier alpha value is -6.90. The van der Waals surface area contributed by atoms with Crippen molar-refractivity contribution in [1.29, 1.82) is 0 Å². The molecule has 0 unspecified atom stereocenters. The molecule has 10 aromatic rings. The first kappa shape index (κ1) is 30.0. The SMILES string of the molecule is c1ccc(-c2cccc(N(c3cccc(-c4cccc5c4c4ccccc4n5-c4ccccc4)c3)c3cc4ccccc4c4ccccc34)c2)cc1. The fourth-order valence-corrected chi connectivity index (χ4v) is 8.03. The highest BCUT2D eigenvalue weighted by Gasteiger charge is 2.20. The third-order valence-electron chi connectivity index (χ3n) is 10.3. The average molecular weight is 663 g/mol. The van der Waals surface area contributed by atoms with Crippen molar-refractivity contribution in [2.75, 3.05) is 4.90 Å². The molecule has 0 spiro atoms. The van der Waals surface area contributed by atoms with Crippen LogP contribution in [0.15, 0.2) is 206 Å². The summed E-state index contributed by atoms with van der Waals surface area (Å²) in [7, 11) is 0. The Bertz CT molecular complexity index is 2900. The Balaban J connectivity index is 1.23. The first-order valence-electron chi connectivity index (χ1n) is 17.9. The van der Waals surface area contributed by atoms with Crippen LogP contribution in [0.4, 0.5) is 17.1 Å². The van der Waals surface area contributed by atoms with Crippen molar-refractivity contribution in [3.8, 4) is 27.9 Å². The van der Waals surface area contributed by atoms with Crippen LogP contribution in [-0.4, -0.2) is 4.57 Å². The van der Waals surface area contributed by atoms with Gasteiger partial charge in [0, 0.05) is 33.2 Å². The van der Waals surface area contributed by atoms with E-state index in [9.17, 15) is 0 Å². The van der Waals surface area contributed by atoms with Gasteiger partial charge in [-0.15, -0.1) is 0 Å². The molecule has 0 saturated heterocycles. The van der Waals surface area contributed by atoms with Crippen LogP contribution in [0.2, 0.25) is 0 Å². The van der Waals surface area contributed by atoms with Gasteiger partial charge in [0.15, 0.2) is 0 Å². The number of anilines is 3. The molecule has 0 amide bonds. The molecule has 0 N–H and O–H groups in total. The molecule has 0 atom stereocenters. The van der Waals surface area contributed by atoms with Crippen LogP contribution in [0.5, 0.6) is 0 Å². The summed E-state index contributed by atoms with van der Waals surface area (Å²) >= 11 is 0. The zero-order valence-corrected chi connectivity index (χ0v) is 28.5. The van der Waals surface area contributed by atoms with Gasteiger partial charge in [0.05, 0.1) is 16.7 Å². The van der Waals surface area contributed by atoms with E-state index in [1.807, 2.05) is 0 Å². The first-order valence-corrected chi connectivity index (χ1v) is 17.9. The van der Waals surface area contributed by atoms with Gasteiger partial charge in [-0.3, -0.25) is 0 Å². The van der Waals surface area contributed by atoms with E-state index in [1.54, 1.807) is 0 Å². The molecule has 1 aromatic heterocycles. The molecule has 9 aromatic carbocycles. The van der Waals surface area contributed by atoms with Crippen LogP contribution < -0.4 is 4.90 Å². The maximum Gasteiger partial charge on any atom is 0.0547 e. The van der Waals surface area contributed by atoms with Gasteiger partial charge in [-0.2, -0.15) is 0 Å². The second-order valence-electron chi connectivity index (χ2n) is 13.4. The molecule has 0 aliphatic heterocycles. The monoisotopic (exact) mass is 662 g/mol. The summed E-state index contributed by atoms with van der Waals surface area (Å²) in [5.41, 5.74) is 11.7. The van der Waals surface area contributed by atoms with Gasteiger partial charge in [-0.1, -0.05) is 152 Å². The van der Waals surface area contributed by atoms with Crippen molar-refractivity contribution in [3.63, 3.8) is 0 Å². The van der Waals surface area contributed by atoms with Gasteiger partial charge in [-0.25, -0.2) is 0 Å². The number of nitrogens with zero attached hydrogens (tertiary/aromatic N) is 2. The summed E-state index contributed by atoms with van der Waals surface area (Å²) < 4.78 is 2.39. The lowest BCUT2D eigenvalue weighted by molar-refractivity contribution is 1.18. The molecule has 2 nitrogen and oxygen atoms in total. The Morgan fingerprint density at radius 3 is 1.69 bits per heavy atom. The smallest absolute Gasteiger partial charge is 0.0547 e. The summed E-state index contributed by atoms with van der Waals surface area (Å²) in [5, 5.41) is 7.44. The second kappa shape index (κ2) is 12.5. The minimum absolute atomic E-state index is 1.10. The molecule has 0 fully saturated rings. The number of aromatic nitrogens is 1. The van der Waals surface area contributed by atoms with Crippen molar-refractivity contribution in [2.24, 2.45) is 0 Å². The number of hydrogen-bond acceptors (Lipinski definition) is 1. The number of fused-ring (bicyclic) bond motifs is 6. The van der Waals surface area contributed by atoms with E-state index in [2.05, 4.69) is 216 Å². The predicted molar refractivity (Wildman–Crippen MR) is 221 cm³/mol. The highest BCUT2D eigenvalue weighted by Crippen LogP contribution is 2.45. The normalized spacial score (nSPS) is 11.5. The van der Waals surface area contributed by atoms with E-state index >= 15 is 0 Å². The van der Waals surface area contributed by atoms with Crippen LogP contribution >= 0.6 is 0 Å². The Kier molecular flexibility index (Phi) is 7.18. The number of hydrogen-bond donors (Lipinski definition) is 0. The Labute approximate surface area is 303 Å². The molecule has 1 heterocycles. The molecular formula is C50H34N2. The van der Waals surface area contributed by atoms with Crippen LogP contribution in [0.25, 0.3) is 71.3 Å². The molecular weight excluding hydrogens is 629 g/mol. The van der Waals surface area contributed by atoms with Crippen LogP contribution in [0, 0.1) is 0 Å². The maximum absolute atomic E-state index is 2.44. The standard InChI is InChI=1S/C50H34N2/c1-3-16-35(17-4-1)36-19-13-23-40(32-36)51(49-34-38-18-7-8-25-42(38)44-26-9-10-27-45(44)49)41-24-14-20-37(33-41)43-29-15-31-48-50(43)46-28-11-12-30-47(46)52(48)39-21-5-2-6-22-39/h1-34H. The van der Waals surface area contributed by atoms with Crippen molar-refractivity contribution in [3.05, 3.63) is 206 Å².